The van der Waals surface area contributed by atoms with Crippen LogP contribution in [0.25, 0.3) is 0 Å². The number of ether oxygens (including phenoxy) is 7. The number of esters is 1. The molecule has 0 unspecified atom stereocenters. The van der Waals surface area contributed by atoms with Crippen molar-refractivity contribution in [2.75, 3.05) is 21.3 Å². The van der Waals surface area contributed by atoms with Crippen LogP contribution in [0.15, 0.2) is 98.1 Å². The zero-order chi connectivity index (χ0) is 36.0. The Kier molecular flexibility index (Phi) is 18.8. The van der Waals surface area contributed by atoms with E-state index in [1.165, 1.54) is 6.42 Å². The van der Waals surface area contributed by atoms with Crippen LogP contribution in [-0.2, 0) is 43.6 Å². The summed E-state index contributed by atoms with van der Waals surface area (Å²) < 4.78 is 41.0. The van der Waals surface area contributed by atoms with E-state index in [0.29, 0.717) is 32.7 Å². The molecular formula is C42H56O8. The summed E-state index contributed by atoms with van der Waals surface area (Å²) in [6.45, 7) is 11.2. The quantitative estimate of drug-likeness (QED) is 0.0469. The Hall–Kier alpha value is -4.11. The maximum Gasteiger partial charge on any atom is 0.309 e. The molecule has 0 saturated carbocycles. The highest BCUT2D eigenvalue weighted by atomic mass is 16.6. The molecule has 0 aromatic heterocycles. The third kappa shape index (κ3) is 14.8. The molecule has 8 heteroatoms. The van der Waals surface area contributed by atoms with Gasteiger partial charge in [0, 0.05) is 6.42 Å². The van der Waals surface area contributed by atoms with Crippen LogP contribution in [0.5, 0.6) is 17.2 Å². The Labute approximate surface area is 299 Å². The summed E-state index contributed by atoms with van der Waals surface area (Å²) in [5.41, 5.74) is 2.96. The average molecular weight is 689 g/mol. The van der Waals surface area contributed by atoms with Crippen molar-refractivity contribution in [3.63, 3.8) is 0 Å². The van der Waals surface area contributed by atoms with Crippen molar-refractivity contribution < 1.29 is 38.0 Å². The molecule has 8 nitrogen and oxygen atoms in total. The van der Waals surface area contributed by atoms with Crippen LogP contribution < -0.4 is 14.2 Å². The summed E-state index contributed by atoms with van der Waals surface area (Å²) in [5.74, 6) is 1.99. The number of unbranched alkanes of at least 4 members (excludes halogenated alkanes) is 4. The Morgan fingerprint density at radius 2 is 1.12 bits per heavy atom. The molecule has 3 rings (SSSR count). The van der Waals surface area contributed by atoms with Crippen LogP contribution in [0.1, 0.15) is 75.0 Å². The van der Waals surface area contributed by atoms with Gasteiger partial charge in [-0.05, 0) is 65.9 Å². The van der Waals surface area contributed by atoms with E-state index in [9.17, 15) is 4.79 Å². The SMILES string of the molecule is C=C[C@H](CC(=O)O[C@H](CCCCCCC)C[C@H](OCc1ccc(OC)cc1)[C@@H](C=C)OCc1ccc(OC)cc1)OCc1ccc(OC)cc1. The van der Waals surface area contributed by atoms with E-state index in [1.807, 2.05) is 72.8 Å². The zero-order valence-corrected chi connectivity index (χ0v) is 30.4. The van der Waals surface area contributed by atoms with Gasteiger partial charge in [-0.25, -0.2) is 0 Å². The average Bonchev–Trinajstić information content (AvgIpc) is 3.15. The Morgan fingerprint density at radius 3 is 1.58 bits per heavy atom. The van der Waals surface area contributed by atoms with Crippen LogP contribution in [0.2, 0.25) is 0 Å². The second-order valence-corrected chi connectivity index (χ2v) is 12.2. The van der Waals surface area contributed by atoms with Crippen molar-refractivity contribution in [3.05, 3.63) is 115 Å². The highest BCUT2D eigenvalue weighted by Crippen LogP contribution is 2.24. The smallest absolute Gasteiger partial charge is 0.309 e. The van der Waals surface area contributed by atoms with E-state index < -0.39 is 18.3 Å². The minimum absolute atomic E-state index is 0.0578. The molecular weight excluding hydrogens is 632 g/mol. The van der Waals surface area contributed by atoms with Crippen molar-refractivity contribution in [3.8, 4) is 17.2 Å². The van der Waals surface area contributed by atoms with Crippen LogP contribution >= 0.6 is 0 Å². The van der Waals surface area contributed by atoms with Crippen molar-refractivity contribution in [2.45, 2.75) is 103 Å². The number of methoxy groups -OCH3 is 3. The van der Waals surface area contributed by atoms with Gasteiger partial charge in [0.05, 0.1) is 59.8 Å². The third-order valence-electron chi connectivity index (χ3n) is 8.50. The van der Waals surface area contributed by atoms with Gasteiger partial charge in [-0.15, -0.1) is 13.2 Å². The van der Waals surface area contributed by atoms with E-state index in [4.69, 9.17) is 33.2 Å². The van der Waals surface area contributed by atoms with Crippen molar-refractivity contribution in [1.29, 1.82) is 0 Å². The maximum absolute atomic E-state index is 13.4. The minimum Gasteiger partial charge on any atom is -0.497 e. The van der Waals surface area contributed by atoms with E-state index in [0.717, 1.165) is 59.6 Å². The largest absolute Gasteiger partial charge is 0.497 e. The molecule has 0 amide bonds. The molecule has 0 N–H and O–H groups in total. The number of benzene rings is 3. The lowest BCUT2D eigenvalue weighted by atomic mass is 10.00. The van der Waals surface area contributed by atoms with Crippen LogP contribution in [0.4, 0.5) is 0 Å². The third-order valence-corrected chi connectivity index (χ3v) is 8.50. The summed E-state index contributed by atoms with van der Waals surface area (Å²) in [6.07, 6.45) is 8.36. The number of carbonyl (C=O) groups excluding carboxylic acids is 1. The predicted octanol–water partition coefficient (Wildman–Crippen LogP) is 9.19. The summed E-state index contributed by atoms with van der Waals surface area (Å²) in [4.78, 5) is 13.4. The Morgan fingerprint density at radius 1 is 0.640 bits per heavy atom. The lowest BCUT2D eigenvalue weighted by molar-refractivity contribution is -0.156. The molecule has 272 valence electrons. The first kappa shape index (κ1) is 40.3. The lowest BCUT2D eigenvalue weighted by Gasteiger charge is -2.29. The number of rotatable bonds is 26. The van der Waals surface area contributed by atoms with Crippen molar-refractivity contribution >= 4 is 5.97 Å². The molecule has 0 fully saturated rings. The Bertz CT molecular complexity index is 1370. The highest BCUT2D eigenvalue weighted by molar-refractivity contribution is 5.70. The molecule has 3 aromatic rings. The van der Waals surface area contributed by atoms with E-state index >= 15 is 0 Å². The molecule has 0 saturated heterocycles. The molecule has 0 aliphatic rings. The molecule has 4 atom stereocenters. The predicted molar refractivity (Wildman–Crippen MR) is 198 cm³/mol. The minimum atomic E-state index is -0.495. The first-order chi connectivity index (χ1) is 24.4. The molecule has 0 radical (unpaired) electrons. The second-order valence-electron chi connectivity index (χ2n) is 12.2. The fourth-order valence-electron chi connectivity index (χ4n) is 5.46. The van der Waals surface area contributed by atoms with E-state index in [2.05, 4.69) is 20.1 Å². The van der Waals surface area contributed by atoms with Gasteiger partial charge in [0.1, 0.15) is 29.5 Å². The second kappa shape index (κ2) is 23.3. The summed E-state index contributed by atoms with van der Waals surface area (Å²) in [7, 11) is 4.92. The van der Waals surface area contributed by atoms with Crippen LogP contribution in [-0.4, -0.2) is 51.7 Å². The fraction of sp³-hybridized carbons (Fsp3) is 0.452. The van der Waals surface area contributed by atoms with Crippen molar-refractivity contribution in [1.82, 2.24) is 0 Å². The first-order valence-corrected chi connectivity index (χ1v) is 17.6. The van der Waals surface area contributed by atoms with Crippen LogP contribution in [0, 0.1) is 0 Å². The van der Waals surface area contributed by atoms with Gasteiger partial charge in [0.15, 0.2) is 0 Å². The van der Waals surface area contributed by atoms with Gasteiger partial charge in [-0.2, -0.15) is 0 Å². The molecule has 50 heavy (non-hydrogen) atoms. The molecule has 0 bridgehead atoms. The molecule has 0 heterocycles. The van der Waals surface area contributed by atoms with Gasteiger partial charge in [0.25, 0.3) is 0 Å². The van der Waals surface area contributed by atoms with Crippen molar-refractivity contribution in [2.24, 2.45) is 0 Å². The first-order valence-electron chi connectivity index (χ1n) is 17.6. The maximum atomic E-state index is 13.4. The monoisotopic (exact) mass is 688 g/mol. The van der Waals surface area contributed by atoms with Gasteiger partial charge in [0.2, 0.25) is 0 Å². The highest BCUT2D eigenvalue weighted by Gasteiger charge is 2.28. The number of carbonyl (C=O) groups is 1. The number of hydrogen-bond donors (Lipinski definition) is 0. The normalized spacial score (nSPS) is 13.4. The topological polar surface area (TPSA) is 81.7 Å². The van der Waals surface area contributed by atoms with E-state index in [-0.39, 0.29) is 18.5 Å². The zero-order valence-electron chi connectivity index (χ0n) is 30.4. The Balaban J connectivity index is 1.72. The van der Waals surface area contributed by atoms with Gasteiger partial charge in [-0.1, -0.05) is 81.2 Å². The lowest BCUT2D eigenvalue weighted by Crippen LogP contribution is -2.35. The summed E-state index contributed by atoms with van der Waals surface area (Å²) in [5, 5.41) is 0. The van der Waals surface area contributed by atoms with Crippen LogP contribution in [0.3, 0.4) is 0 Å². The molecule has 0 spiro atoms. The van der Waals surface area contributed by atoms with E-state index in [1.54, 1.807) is 33.5 Å². The standard InChI is InChI=1S/C42H56O8/c1-7-10-11-12-13-14-39(50-42(43)28-35(8-2)47-29-32-15-21-36(44-4)22-16-32)27-41(49-31-34-19-25-38(46-6)26-20-34)40(9-3)48-30-33-17-23-37(45-5)24-18-33/h8-9,15-26,35,39-41H,2-3,7,10-14,27-31H2,1,4-6H3/t35-,39-,40-,41+/m1/s1. The molecule has 0 aliphatic carbocycles. The molecule has 3 aromatic carbocycles. The molecule has 0 aliphatic heterocycles. The summed E-state index contributed by atoms with van der Waals surface area (Å²) in [6, 6.07) is 23.2. The fourth-order valence-corrected chi connectivity index (χ4v) is 5.46. The summed E-state index contributed by atoms with van der Waals surface area (Å²) >= 11 is 0. The van der Waals surface area contributed by atoms with Gasteiger partial charge in [-0.3, -0.25) is 4.79 Å². The van der Waals surface area contributed by atoms with Gasteiger partial charge < -0.3 is 33.2 Å². The number of hydrogen-bond acceptors (Lipinski definition) is 8. The van der Waals surface area contributed by atoms with Gasteiger partial charge >= 0.3 is 5.97 Å².